The van der Waals surface area contributed by atoms with E-state index in [4.69, 9.17) is 4.74 Å². The molecule has 1 saturated heterocycles. The minimum Gasteiger partial charge on any atom is -0.480 e. The van der Waals surface area contributed by atoms with Crippen molar-refractivity contribution in [1.29, 1.82) is 0 Å². The van der Waals surface area contributed by atoms with Gasteiger partial charge >= 0.3 is 0 Å². The van der Waals surface area contributed by atoms with Gasteiger partial charge in [0.25, 0.3) is 0 Å². The van der Waals surface area contributed by atoms with Gasteiger partial charge in [-0.3, -0.25) is 0 Å². The van der Waals surface area contributed by atoms with Crippen LogP contribution in [0, 0.1) is 0 Å². The molecule has 0 unspecified atom stereocenters. The van der Waals surface area contributed by atoms with Crippen LogP contribution in [0.1, 0.15) is 12.8 Å². The highest BCUT2D eigenvalue weighted by Crippen LogP contribution is 2.31. The second kappa shape index (κ2) is 6.64. The topological polar surface area (TPSA) is 71.4 Å². The highest BCUT2D eigenvalue weighted by Gasteiger charge is 2.19. The summed E-state index contributed by atoms with van der Waals surface area (Å²) in [5.41, 5.74) is 2.52. The largest absolute Gasteiger partial charge is 0.480 e. The van der Waals surface area contributed by atoms with Gasteiger partial charge < -0.3 is 14.7 Å². The average Bonchev–Trinajstić information content (AvgIpc) is 2.67. The first-order valence-electron chi connectivity index (χ1n) is 8.44. The molecule has 0 aliphatic carbocycles. The number of fused-ring (bicyclic) bond motifs is 1. The van der Waals surface area contributed by atoms with Crippen LogP contribution in [0.15, 0.2) is 42.7 Å². The van der Waals surface area contributed by atoms with Crippen molar-refractivity contribution in [3.63, 3.8) is 0 Å². The second-order valence-corrected chi connectivity index (χ2v) is 6.22. The van der Waals surface area contributed by atoms with E-state index < -0.39 is 0 Å². The molecule has 0 bridgehead atoms. The first-order valence-corrected chi connectivity index (χ1v) is 8.44. The monoisotopic (exact) mass is 336 g/mol. The van der Waals surface area contributed by atoms with Gasteiger partial charge in [0, 0.05) is 24.5 Å². The number of anilines is 1. The van der Waals surface area contributed by atoms with Crippen molar-refractivity contribution in [1.82, 2.24) is 15.0 Å². The molecular weight excluding hydrogens is 316 g/mol. The van der Waals surface area contributed by atoms with Crippen molar-refractivity contribution < 1.29 is 9.84 Å². The third kappa shape index (κ3) is 3.13. The molecule has 0 amide bonds. The van der Waals surface area contributed by atoms with E-state index in [1.807, 2.05) is 36.4 Å². The van der Waals surface area contributed by atoms with Crippen LogP contribution in [0.25, 0.3) is 22.2 Å². The van der Waals surface area contributed by atoms with Crippen LogP contribution in [0.2, 0.25) is 0 Å². The number of benzene rings is 1. The number of ether oxygens (including phenoxy) is 1. The van der Waals surface area contributed by atoms with Crippen LogP contribution >= 0.6 is 0 Å². The van der Waals surface area contributed by atoms with Crippen LogP contribution in [-0.4, -0.2) is 46.4 Å². The standard InChI is InChI=1S/C19H20N4O2/c1-25-19-15(10-13-4-2-3-5-16(13)22-19)17-11-18(21-12-20-17)23-8-6-14(24)7-9-23/h2-5,10-12,14,24H,6-9H2,1H3. The molecule has 6 heteroatoms. The lowest BCUT2D eigenvalue weighted by Gasteiger charge is -2.30. The first kappa shape index (κ1) is 15.8. The Kier molecular flexibility index (Phi) is 4.19. The minimum atomic E-state index is -0.206. The molecule has 1 N–H and O–H groups in total. The number of nitrogens with zero attached hydrogens (tertiary/aromatic N) is 4. The summed E-state index contributed by atoms with van der Waals surface area (Å²) in [6, 6.07) is 12.0. The average molecular weight is 336 g/mol. The van der Waals surface area contributed by atoms with Crippen molar-refractivity contribution in [2.75, 3.05) is 25.1 Å². The number of methoxy groups -OCH3 is 1. The van der Waals surface area contributed by atoms with Crippen molar-refractivity contribution >= 4 is 16.7 Å². The number of aliphatic hydroxyl groups excluding tert-OH is 1. The Balaban J connectivity index is 1.74. The maximum absolute atomic E-state index is 9.69. The molecule has 3 heterocycles. The second-order valence-electron chi connectivity index (χ2n) is 6.22. The summed E-state index contributed by atoms with van der Waals surface area (Å²) in [6.45, 7) is 1.59. The Morgan fingerprint density at radius 1 is 1.12 bits per heavy atom. The molecule has 0 radical (unpaired) electrons. The maximum Gasteiger partial charge on any atom is 0.223 e. The van der Waals surface area contributed by atoms with E-state index in [0.29, 0.717) is 5.88 Å². The fourth-order valence-corrected chi connectivity index (χ4v) is 3.20. The zero-order valence-electron chi connectivity index (χ0n) is 14.1. The molecule has 1 aliphatic heterocycles. The van der Waals surface area contributed by atoms with E-state index in [9.17, 15) is 5.11 Å². The fraction of sp³-hybridized carbons (Fsp3) is 0.316. The Labute approximate surface area is 146 Å². The van der Waals surface area contributed by atoms with Gasteiger partial charge in [0.05, 0.1) is 30.0 Å². The summed E-state index contributed by atoms with van der Waals surface area (Å²) < 4.78 is 5.49. The highest BCUT2D eigenvalue weighted by molar-refractivity contribution is 5.85. The minimum absolute atomic E-state index is 0.206. The SMILES string of the molecule is COc1nc2ccccc2cc1-c1cc(N2CCC(O)CC2)ncn1. The van der Waals surface area contributed by atoms with E-state index in [-0.39, 0.29) is 6.10 Å². The molecule has 0 saturated carbocycles. The fourth-order valence-electron chi connectivity index (χ4n) is 3.20. The van der Waals surface area contributed by atoms with Crippen LogP contribution in [0.3, 0.4) is 0 Å². The van der Waals surface area contributed by atoms with E-state index in [2.05, 4.69) is 19.9 Å². The third-order valence-corrected chi connectivity index (χ3v) is 4.60. The number of pyridine rings is 1. The molecule has 2 aromatic heterocycles. The maximum atomic E-state index is 9.69. The number of hydrogen-bond donors (Lipinski definition) is 1. The number of hydrogen-bond acceptors (Lipinski definition) is 6. The molecule has 0 spiro atoms. The van der Waals surface area contributed by atoms with Crippen molar-refractivity contribution in [2.45, 2.75) is 18.9 Å². The molecule has 0 atom stereocenters. The van der Waals surface area contributed by atoms with Gasteiger partial charge in [-0.25, -0.2) is 15.0 Å². The summed E-state index contributed by atoms with van der Waals surface area (Å²) in [7, 11) is 1.62. The van der Waals surface area contributed by atoms with Gasteiger partial charge in [-0.15, -0.1) is 0 Å². The van der Waals surface area contributed by atoms with Gasteiger partial charge in [0.1, 0.15) is 12.1 Å². The smallest absolute Gasteiger partial charge is 0.223 e. The number of rotatable bonds is 3. The Morgan fingerprint density at radius 3 is 2.72 bits per heavy atom. The van der Waals surface area contributed by atoms with Crippen molar-refractivity contribution in [3.8, 4) is 17.1 Å². The quantitative estimate of drug-likeness (QED) is 0.793. The molecule has 3 aromatic rings. The van der Waals surface area contributed by atoms with Gasteiger partial charge in [-0.1, -0.05) is 18.2 Å². The number of aliphatic hydroxyl groups is 1. The Morgan fingerprint density at radius 2 is 1.92 bits per heavy atom. The van der Waals surface area contributed by atoms with Crippen LogP contribution in [0.4, 0.5) is 5.82 Å². The molecule has 128 valence electrons. The molecule has 6 nitrogen and oxygen atoms in total. The Bertz CT molecular complexity index is 891. The van der Waals surface area contributed by atoms with E-state index in [1.165, 1.54) is 0 Å². The molecular formula is C19H20N4O2. The van der Waals surface area contributed by atoms with E-state index in [0.717, 1.165) is 53.9 Å². The molecule has 1 aliphatic rings. The predicted molar refractivity (Wildman–Crippen MR) is 96.8 cm³/mol. The lowest BCUT2D eigenvalue weighted by molar-refractivity contribution is 0.145. The first-order chi connectivity index (χ1) is 12.2. The predicted octanol–water partition coefficient (Wildman–Crippen LogP) is 2.66. The van der Waals surface area contributed by atoms with Crippen LogP contribution in [-0.2, 0) is 0 Å². The summed E-state index contributed by atoms with van der Waals surface area (Å²) in [5.74, 6) is 1.42. The van der Waals surface area contributed by atoms with Crippen molar-refractivity contribution in [2.24, 2.45) is 0 Å². The molecule has 4 rings (SSSR count). The van der Waals surface area contributed by atoms with Crippen LogP contribution in [0.5, 0.6) is 5.88 Å². The van der Waals surface area contributed by atoms with Gasteiger partial charge in [-0.2, -0.15) is 0 Å². The molecule has 25 heavy (non-hydrogen) atoms. The normalized spacial score (nSPS) is 15.5. The highest BCUT2D eigenvalue weighted by atomic mass is 16.5. The van der Waals surface area contributed by atoms with Gasteiger partial charge in [-0.05, 0) is 25.0 Å². The van der Waals surface area contributed by atoms with Crippen molar-refractivity contribution in [3.05, 3.63) is 42.7 Å². The summed E-state index contributed by atoms with van der Waals surface area (Å²) in [4.78, 5) is 15.6. The number of piperidine rings is 1. The molecule has 1 aromatic carbocycles. The number of aromatic nitrogens is 3. The lowest BCUT2D eigenvalue weighted by atomic mass is 10.1. The summed E-state index contributed by atoms with van der Waals surface area (Å²) in [6.07, 6.45) is 2.90. The van der Waals surface area contributed by atoms with Crippen LogP contribution < -0.4 is 9.64 Å². The van der Waals surface area contributed by atoms with Gasteiger partial charge in [0.2, 0.25) is 5.88 Å². The summed E-state index contributed by atoms with van der Waals surface area (Å²) >= 11 is 0. The van der Waals surface area contributed by atoms with Gasteiger partial charge in [0.15, 0.2) is 0 Å². The summed E-state index contributed by atoms with van der Waals surface area (Å²) in [5, 5.41) is 10.7. The lowest BCUT2D eigenvalue weighted by Crippen LogP contribution is -2.36. The van der Waals surface area contributed by atoms with E-state index >= 15 is 0 Å². The zero-order valence-corrected chi connectivity index (χ0v) is 14.1. The Hall–Kier alpha value is -2.73. The zero-order chi connectivity index (χ0) is 17.2. The number of para-hydroxylation sites is 1. The molecule has 1 fully saturated rings. The third-order valence-electron chi connectivity index (χ3n) is 4.60. The van der Waals surface area contributed by atoms with E-state index in [1.54, 1.807) is 13.4 Å².